The van der Waals surface area contributed by atoms with E-state index in [1.165, 1.54) is 7.11 Å². The molecule has 0 saturated heterocycles. The maximum atomic E-state index is 10.2. The third-order valence-corrected chi connectivity index (χ3v) is 0.844. The van der Waals surface area contributed by atoms with E-state index in [9.17, 15) is 4.79 Å². The minimum Gasteiger partial charge on any atom is -0.385 e. The van der Waals surface area contributed by atoms with E-state index < -0.39 is 12.6 Å². The maximum absolute atomic E-state index is 10.2. The Labute approximate surface area is 69.9 Å². The van der Waals surface area contributed by atoms with Gasteiger partial charge in [-0.05, 0) is 0 Å². The third kappa shape index (κ3) is 7.42. The molecule has 0 fully saturated rings. The number of aliphatic hydroxyl groups is 1. The lowest BCUT2D eigenvalue weighted by Crippen LogP contribution is -2.12. The van der Waals surface area contributed by atoms with E-state index in [1.807, 2.05) is 0 Å². The monoisotopic (exact) mass is 180 g/mol. The van der Waals surface area contributed by atoms with Crippen molar-refractivity contribution in [2.45, 2.75) is 0 Å². The number of ether oxygens (including phenoxy) is 2. The molecule has 0 aromatic carbocycles. The Hall–Kier alpha value is -0.690. The molecule has 0 aromatic rings. The van der Waals surface area contributed by atoms with Crippen molar-refractivity contribution in [2.75, 3.05) is 33.7 Å². The lowest BCUT2D eigenvalue weighted by atomic mass is 10.8. The molecule has 0 bridgehead atoms. The minimum atomic E-state index is -0.856. The predicted molar refractivity (Wildman–Crippen MR) is 37.0 cm³/mol. The first-order valence-electron chi connectivity index (χ1n) is 3.31. The number of carbonyl (C=O) groups is 1. The topological polar surface area (TPSA) is 74.2 Å². The molecule has 1 N–H and O–H groups in total. The molecule has 12 heavy (non-hydrogen) atoms. The number of rotatable bonds is 7. The number of hydrogen-bond acceptors (Lipinski definition) is 6. The highest BCUT2D eigenvalue weighted by atomic mass is 17.2. The van der Waals surface area contributed by atoms with Gasteiger partial charge in [-0.3, -0.25) is 4.89 Å². The Morgan fingerprint density at radius 2 is 2.17 bits per heavy atom. The van der Waals surface area contributed by atoms with Crippen LogP contribution >= 0.6 is 0 Å². The molecule has 0 heterocycles. The standard InChI is InChI=1S/C6H12O6/c1-9-2-3-10-5-11-12-6(8)4-7/h7H,2-5H2,1H3. The molecule has 6 nitrogen and oxygen atoms in total. The van der Waals surface area contributed by atoms with Crippen molar-refractivity contribution in [1.82, 2.24) is 0 Å². The molecule has 6 heteroatoms. The van der Waals surface area contributed by atoms with E-state index in [1.54, 1.807) is 0 Å². The lowest BCUT2D eigenvalue weighted by molar-refractivity contribution is -0.312. The van der Waals surface area contributed by atoms with Gasteiger partial charge in [-0.15, -0.1) is 0 Å². The number of hydrogen-bond donors (Lipinski definition) is 1. The van der Waals surface area contributed by atoms with Crippen molar-refractivity contribution >= 4 is 5.97 Å². The second-order valence-electron chi connectivity index (χ2n) is 1.75. The summed E-state index contributed by atoms with van der Waals surface area (Å²) in [6.07, 6.45) is 0. The average molecular weight is 180 g/mol. The van der Waals surface area contributed by atoms with E-state index in [-0.39, 0.29) is 6.79 Å². The van der Waals surface area contributed by atoms with Crippen LogP contribution in [0.5, 0.6) is 0 Å². The predicted octanol–water partition coefficient (Wildman–Crippen LogP) is -0.926. The number of aliphatic hydroxyl groups excluding tert-OH is 1. The van der Waals surface area contributed by atoms with Crippen LogP contribution in [0, 0.1) is 0 Å². The van der Waals surface area contributed by atoms with Gasteiger partial charge in [0.1, 0.15) is 6.61 Å². The Balaban J connectivity index is 2.95. The van der Waals surface area contributed by atoms with Gasteiger partial charge in [0.05, 0.1) is 13.2 Å². The first kappa shape index (κ1) is 11.3. The molecule has 0 spiro atoms. The van der Waals surface area contributed by atoms with Gasteiger partial charge in [0.2, 0.25) is 0 Å². The van der Waals surface area contributed by atoms with Crippen LogP contribution in [0.2, 0.25) is 0 Å². The number of methoxy groups -OCH3 is 1. The summed E-state index contributed by atoms with van der Waals surface area (Å²) in [5, 5.41) is 8.16. The van der Waals surface area contributed by atoms with E-state index >= 15 is 0 Å². The molecule has 0 atom stereocenters. The fraction of sp³-hybridized carbons (Fsp3) is 0.833. The Morgan fingerprint density at radius 3 is 2.75 bits per heavy atom. The Morgan fingerprint density at radius 1 is 1.42 bits per heavy atom. The van der Waals surface area contributed by atoms with Crippen LogP contribution in [0.15, 0.2) is 0 Å². The quantitative estimate of drug-likeness (QED) is 0.236. The molecule has 0 rings (SSSR count). The van der Waals surface area contributed by atoms with Gasteiger partial charge in [-0.1, -0.05) is 0 Å². The molecule has 0 aliphatic heterocycles. The smallest absolute Gasteiger partial charge is 0.367 e. The van der Waals surface area contributed by atoms with Crippen molar-refractivity contribution in [3.8, 4) is 0 Å². The molecule has 72 valence electrons. The molecule has 0 aromatic heterocycles. The van der Waals surface area contributed by atoms with Crippen LogP contribution in [0.25, 0.3) is 0 Å². The zero-order valence-electron chi connectivity index (χ0n) is 6.82. The van der Waals surface area contributed by atoms with Crippen molar-refractivity contribution in [3.63, 3.8) is 0 Å². The summed E-state index contributed by atoms with van der Waals surface area (Å²) in [6.45, 7) is -0.0857. The van der Waals surface area contributed by atoms with Gasteiger partial charge >= 0.3 is 5.97 Å². The van der Waals surface area contributed by atoms with E-state index in [2.05, 4.69) is 14.5 Å². The van der Waals surface area contributed by atoms with Gasteiger partial charge in [0.15, 0.2) is 6.79 Å². The lowest BCUT2D eigenvalue weighted by Gasteiger charge is -2.02. The van der Waals surface area contributed by atoms with Crippen molar-refractivity contribution in [3.05, 3.63) is 0 Å². The molecule has 0 amide bonds. The molecule has 0 saturated carbocycles. The van der Waals surface area contributed by atoms with Crippen molar-refractivity contribution < 1.29 is 29.1 Å². The zero-order chi connectivity index (χ0) is 9.23. The highest BCUT2D eigenvalue weighted by molar-refractivity contribution is 5.69. The largest absolute Gasteiger partial charge is 0.385 e. The van der Waals surface area contributed by atoms with Crippen molar-refractivity contribution in [2.24, 2.45) is 0 Å². The Kier molecular flexibility index (Phi) is 7.92. The third-order valence-electron chi connectivity index (χ3n) is 0.844. The van der Waals surface area contributed by atoms with Crippen LogP contribution in [0.3, 0.4) is 0 Å². The molecule has 0 aliphatic rings. The van der Waals surface area contributed by atoms with E-state index in [0.29, 0.717) is 13.2 Å². The van der Waals surface area contributed by atoms with E-state index in [4.69, 9.17) is 9.84 Å². The molecule has 0 unspecified atom stereocenters. The second kappa shape index (κ2) is 8.41. The molecular weight excluding hydrogens is 168 g/mol. The highest BCUT2D eigenvalue weighted by Gasteiger charge is 1.99. The summed E-state index contributed by atoms with van der Waals surface area (Å²) >= 11 is 0. The second-order valence-corrected chi connectivity index (χ2v) is 1.75. The summed E-state index contributed by atoms with van der Waals surface area (Å²) in [5.74, 6) is -0.856. The van der Waals surface area contributed by atoms with Gasteiger partial charge in [0.25, 0.3) is 0 Å². The molecule has 0 aliphatic carbocycles. The highest BCUT2D eigenvalue weighted by Crippen LogP contribution is 1.82. The molecular formula is C6H12O6. The van der Waals surface area contributed by atoms with Gasteiger partial charge in [-0.25, -0.2) is 4.79 Å². The fourth-order valence-corrected chi connectivity index (χ4v) is 0.351. The molecule has 0 radical (unpaired) electrons. The van der Waals surface area contributed by atoms with Crippen LogP contribution < -0.4 is 0 Å². The minimum absolute atomic E-state index is 0.172. The number of carbonyl (C=O) groups excluding carboxylic acids is 1. The summed E-state index contributed by atoms with van der Waals surface area (Å²) in [5.41, 5.74) is 0. The van der Waals surface area contributed by atoms with E-state index in [0.717, 1.165) is 0 Å². The van der Waals surface area contributed by atoms with Crippen LogP contribution in [0.4, 0.5) is 0 Å². The fourth-order valence-electron chi connectivity index (χ4n) is 0.351. The summed E-state index contributed by atoms with van der Waals surface area (Å²) in [6, 6.07) is 0. The normalized spacial score (nSPS) is 9.83. The first-order chi connectivity index (χ1) is 5.81. The van der Waals surface area contributed by atoms with Crippen LogP contribution in [0.1, 0.15) is 0 Å². The summed E-state index contributed by atoms with van der Waals surface area (Å²) < 4.78 is 9.43. The SMILES string of the molecule is COCCOCOOC(=O)CO. The summed E-state index contributed by atoms with van der Waals surface area (Å²) in [7, 11) is 1.54. The average Bonchev–Trinajstić information content (AvgIpc) is 2.10. The van der Waals surface area contributed by atoms with Gasteiger partial charge in [0, 0.05) is 7.11 Å². The Bertz CT molecular complexity index is 115. The first-order valence-corrected chi connectivity index (χ1v) is 3.31. The summed E-state index contributed by atoms with van der Waals surface area (Å²) in [4.78, 5) is 18.5. The van der Waals surface area contributed by atoms with Crippen molar-refractivity contribution in [1.29, 1.82) is 0 Å². The van der Waals surface area contributed by atoms with Crippen LogP contribution in [-0.4, -0.2) is 44.8 Å². The van der Waals surface area contributed by atoms with Gasteiger partial charge in [-0.2, -0.15) is 4.89 Å². The zero-order valence-corrected chi connectivity index (χ0v) is 6.82. The maximum Gasteiger partial charge on any atom is 0.367 e. The van der Waals surface area contributed by atoms with Gasteiger partial charge < -0.3 is 14.6 Å². The van der Waals surface area contributed by atoms with Crippen LogP contribution in [-0.2, 0) is 24.0 Å².